The molecule has 1 saturated carbocycles. The van der Waals surface area contributed by atoms with Crippen LogP contribution < -0.4 is 21.4 Å². The van der Waals surface area contributed by atoms with E-state index in [1.807, 2.05) is 36.4 Å². The van der Waals surface area contributed by atoms with E-state index in [9.17, 15) is 14.4 Å². The van der Waals surface area contributed by atoms with Crippen LogP contribution in [-0.4, -0.2) is 48.1 Å². The second-order valence-electron chi connectivity index (χ2n) is 7.55. The summed E-state index contributed by atoms with van der Waals surface area (Å²) in [4.78, 5) is 36.3. The van der Waals surface area contributed by atoms with E-state index in [-0.39, 0.29) is 19.0 Å². The summed E-state index contributed by atoms with van der Waals surface area (Å²) in [6.45, 7) is -0.0181. The first-order chi connectivity index (χ1) is 16.0. The predicted octanol–water partition coefficient (Wildman–Crippen LogP) is 1.22. The zero-order chi connectivity index (χ0) is 23.5. The van der Waals surface area contributed by atoms with Gasteiger partial charge in [0.05, 0.1) is 6.54 Å². The zero-order valence-corrected chi connectivity index (χ0v) is 18.0. The highest BCUT2D eigenvalue weighted by Crippen LogP contribution is 2.17. The maximum Gasteiger partial charge on any atom is 0.267 e. The van der Waals surface area contributed by atoms with Crippen molar-refractivity contribution >= 4 is 23.8 Å². The van der Waals surface area contributed by atoms with Gasteiger partial charge in [-0.25, -0.2) is 5.48 Å². The van der Waals surface area contributed by atoms with Crippen LogP contribution in [0, 0.1) is 11.8 Å². The Balaban J connectivity index is 1.52. The van der Waals surface area contributed by atoms with E-state index in [4.69, 9.17) is 5.21 Å². The number of carbonyl (C=O) groups is 3. The molecule has 0 aromatic heterocycles. The van der Waals surface area contributed by atoms with Gasteiger partial charge in [0.2, 0.25) is 5.91 Å². The molecule has 2 aromatic rings. The Kier molecular flexibility index (Phi) is 8.77. The van der Waals surface area contributed by atoms with Crippen LogP contribution in [0.4, 0.5) is 0 Å². The quantitative estimate of drug-likeness (QED) is 0.225. The third-order valence-electron chi connectivity index (χ3n) is 4.89. The minimum absolute atomic E-state index is 0.134. The molecule has 3 rings (SSSR count). The molecule has 0 radical (unpaired) electrons. The van der Waals surface area contributed by atoms with Gasteiger partial charge in [-0.05, 0) is 54.8 Å². The molecular formula is C25H26N4O4. The Morgan fingerprint density at radius 2 is 1.79 bits per heavy atom. The highest BCUT2D eigenvalue weighted by atomic mass is 16.5. The highest BCUT2D eigenvalue weighted by molar-refractivity contribution is 5.97. The second kappa shape index (κ2) is 12.2. The fourth-order valence-electron chi connectivity index (χ4n) is 2.86. The van der Waals surface area contributed by atoms with E-state index in [2.05, 4.69) is 27.8 Å². The molecular weight excluding hydrogens is 420 g/mol. The monoisotopic (exact) mass is 446 g/mol. The van der Waals surface area contributed by atoms with Crippen molar-refractivity contribution in [3.63, 3.8) is 0 Å². The fraction of sp³-hybridized carbons (Fsp3) is 0.240. The molecule has 33 heavy (non-hydrogen) atoms. The number of allylic oxidation sites excluding steroid dienone is 1. The van der Waals surface area contributed by atoms with Crippen LogP contribution in [0.15, 0.2) is 60.7 Å². The number of carbonyl (C=O) groups excluding carboxylic acids is 3. The molecule has 1 aliphatic carbocycles. The summed E-state index contributed by atoms with van der Waals surface area (Å²) in [6, 6.07) is 15.6. The molecule has 3 amide bonds. The zero-order valence-electron chi connectivity index (χ0n) is 18.0. The maximum atomic E-state index is 12.5. The molecule has 8 nitrogen and oxygen atoms in total. The van der Waals surface area contributed by atoms with Crippen LogP contribution >= 0.6 is 0 Å². The van der Waals surface area contributed by atoms with Crippen molar-refractivity contribution < 1.29 is 19.6 Å². The van der Waals surface area contributed by atoms with E-state index in [1.54, 1.807) is 30.3 Å². The Labute approximate surface area is 192 Å². The molecule has 170 valence electrons. The average Bonchev–Trinajstić information content (AvgIpc) is 3.68. The van der Waals surface area contributed by atoms with Gasteiger partial charge >= 0.3 is 0 Å². The summed E-state index contributed by atoms with van der Waals surface area (Å²) < 4.78 is 0. The number of nitrogens with one attached hydrogen (secondary N) is 4. The van der Waals surface area contributed by atoms with Crippen LogP contribution in [-0.2, 0) is 9.59 Å². The number of benzene rings is 2. The molecule has 5 N–H and O–H groups in total. The first kappa shape index (κ1) is 23.7. The smallest absolute Gasteiger partial charge is 0.267 e. The van der Waals surface area contributed by atoms with E-state index < -0.39 is 17.9 Å². The first-order valence-corrected chi connectivity index (χ1v) is 10.6. The lowest BCUT2D eigenvalue weighted by Gasteiger charge is -2.17. The number of hydrogen-bond donors (Lipinski definition) is 5. The van der Waals surface area contributed by atoms with Gasteiger partial charge in [-0.1, -0.05) is 42.2 Å². The topological polar surface area (TPSA) is 120 Å². The molecule has 0 unspecified atom stereocenters. The molecule has 0 heterocycles. The predicted molar refractivity (Wildman–Crippen MR) is 124 cm³/mol. The van der Waals surface area contributed by atoms with E-state index in [1.165, 1.54) is 5.48 Å². The van der Waals surface area contributed by atoms with Crippen molar-refractivity contribution in [3.8, 4) is 11.8 Å². The van der Waals surface area contributed by atoms with E-state index >= 15 is 0 Å². The summed E-state index contributed by atoms with van der Waals surface area (Å²) in [5, 5.41) is 17.1. The van der Waals surface area contributed by atoms with E-state index in [0.29, 0.717) is 11.6 Å². The molecule has 8 heteroatoms. The molecule has 0 spiro atoms. The fourth-order valence-corrected chi connectivity index (χ4v) is 2.86. The van der Waals surface area contributed by atoms with Gasteiger partial charge in [0, 0.05) is 23.7 Å². The Morgan fingerprint density at radius 1 is 1.06 bits per heavy atom. The summed E-state index contributed by atoms with van der Waals surface area (Å²) in [6.07, 6.45) is 5.76. The molecule has 0 saturated heterocycles. The van der Waals surface area contributed by atoms with Crippen LogP contribution in [0.5, 0.6) is 0 Å². The van der Waals surface area contributed by atoms with Gasteiger partial charge in [-0.15, -0.1) is 0 Å². The number of hydrogen-bond acceptors (Lipinski definition) is 5. The number of hydroxylamine groups is 1. The van der Waals surface area contributed by atoms with E-state index in [0.717, 1.165) is 24.0 Å². The maximum absolute atomic E-state index is 12.5. The third-order valence-corrected chi connectivity index (χ3v) is 4.89. The normalized spacial score (nSPS) is 13.5. The standard InChI is InChI=1S/C25H26N4O4/c30-23(17-26-21-14-15-21)27-16-22(25(32)29-33)28-24(31)20-12-10-19(11-13-20)9-5-4-8-18-6-2-1-3-7-18/h1-4,6-8,10-13,21-22,26,33H,14-17H2,(H,27,30)(H,28,31)(H,29,32)/t22-/m0/s1. The lowest BCUT2D eigenvalue weighted by atomic mass is 10.1. The Bertz CT molecular complexity index is 1050. The summed E-state index contributed by atoms with van der Waals surface area (Å²) in [7, 11) is 0. The second-order valence-corrected chi connectivity index (χ2v) is 7.55. The van der Waals surface area contributed by atoms with Crippen molar-refractivity contribution in [2.75, 3.05) is 13.1 Å². The molecule has 1 fully saturated rings. The van der Waals surface area contributed by atoms with Crippen LogP contribution in [0.25, 0.3) is 6.08 Å². The van der Waals surface area contributed by atoms with Crippen molar-refractivity contribution in [1.82, 2.24) is 21.4 Å². The van der Waals surface area contributed by atoms with Crippen molar-refractivity contribution in [1.29, 1.82) is 0 Å². The third kappa shape index (κ3) is 8.26. The van der Waals surface area contributed by atoms with Gasteiger partial charge in [-0.2, -0.15) is 0 Å². The highest BCUT2D eigenvalue weighted by Gasteiger charge is 2.23. The summed E-state index contributed by atoms with van der Waals surface area (Å²) in [5.41, 5.74) is 3.61. The largest absolute Gasteiger partial charge is 0.352 e. The lowest BCUT2D eigenvalue weighted by Crippen LogP contribution is -2.52. The SMILES string of the molecule is O=C(CNC1CC1)NC[C@H](NC(=O)c1ccc(C#CC=Cc2ccccc2)cc1)C(=O)NO. The Morgan fingerprint density at radius 3 is 2.45 bits per heavy atom. The lowest BCUT2D eigenvalue weighted by molar-refractivity contribution is -0.131. The average molecular weight is 447 g/mol. The van der Waals surface area contributed by atoms with Gasteiger partial charge < -0.3 is 16.0 Å². The van der Waals surface area contributed by atoms with Crippen LogP contribution in [0.2, 0.25) is 0 Å². The minimum Gasteiger partial charge on any atom is -0.352 e. The number of rotatable bonds is 9. The molecule has 2 aromatic carbocycles. The van der Waals surface area contributed by atoms with Crippen molar-refractivity contribution in [2.45, 2.75) is 24.9 Å². The Hall–Kier alpha value is -3.93. The molecule has 1 aliphatic rings. The summed E-state index contributed by atoms with van der Waals surface area (Å²) >= 11 is 0. The number of amides is 3. The molecule has 1 atom stereocenters. The van der Waals surface area contributed by atoms with Crippen molar-refractivity contribution in [3.05, 3.63) is 77.4 Å². The molecule has 0 bridgehead atoms. The van der Waals surface area contributed by atoms with Gasteiger partial charge in [0.25, 0.3) is 11.8 Å². The first-order valence-electron chi connectivity index (χ1n) is 10.6. The van der Waals surface area contributed by atoms with Gasteiger partial charge in [0.1, 0.15) is 6.04 Å². The van der Waals surface area contributed by atoms with Crippen LogP contribution in [0.1, 0.15) is 34.3 Å². The van der Waals surface area contributed by atoms with Crippen molar-refractivity contribution in [2.24, 2.45) is 0 Å². The minimum atomic E-state index is -1.13. The van der Waals surface area contributed by atoms with Gasteiger partial charge in [-0.3, -0.25) is 19.6 Å². The van der Waals surface area contributed by atoms with Gasteiger partial charge in [0.15, 0.2) is 0 Å². The summed E-state index contributed by atoms with van der Waals surface area (Å²) in [5.74, 6) is 4.29. The molecule has 0 aliphatic heterocycles. The van der Waals surface area contributed by atoms with Crippen LogP contribution in [0.3, 0.4) is 0 Å².